The third kappa shape index (κ3) is 5.98. The maximum Gasteiger partial charge on any atom is 0.251 e. The largest absolute Gasteiger partial charge is 0.457 e. The van der Waals surface area contributed by atoms with Gasteiger partial charge in [0.05, 0.1) is 0 Å². The van der Waals surface area contributed by atoms with E-state index in [2.05, 4.69) is 10.6 Å². The zero-order chi connectivity index (χ0) is 24.8. The van der Waals surface area contributed by atoms with Crippen molar-refractivity contribution in [2.75, 3.05) is 5.32 Å². The summed E-state index contributed by atoms with van der Waals surface area (Å²) >= 11 is 0. The Kier molecular flexibility index (Phi) is 7.31. The monoisotopic (exact) mass is 467 g/mol. The van der Waals surface area contributed by atoms with Gasteiger partial charge in [0, 0.05) is 23.2 Å². The molecule has 178 valence electrons. The number of nitrogens with two attached hydrogens (primary N) is 1. The van der Waals surface area contributed by atoms with Crippen LogP contribution in [0.15, 0.2) is 91.0 Å². The number of fused-ring (bicyclic) bond motifs is 1. The van der Waals surface area contributed by atoms with Gasteiger partial charge in [-0.15, -0.1) is 0 Å². The first kappa shape index (κ1) is 23.8. The Labute approximate surface area is 205 Å². The summed E-state index contributed by atoms with van der Waals surface area (Å²) in [5.41, 5.74) is 7.84. The first-order valence-electron chi connectivity index (χ1n) is 11.6. The Morgan fingerprint density at radius 2 is 1.57 bits per heavy atom. The topological polar surface area (TPSA) is 93.4 Å². The second kappa shape index (κ2) is 10.7. The van der Waals surface area contributed by atoms with Gasteiger partial charge in [-0.3, -0.25) is 9.59 Å². The fourth-order valence-electron chi connectivity index (χ4n) is 3.94. The fraction of sp³-hybridized carbons (Fsp3) is 0.172. The van der Waals surface area contributed by atoms with E-state index in [0.717, 1.165) is 22.0 Å². The summed E-state index contributed by atoms with van der Waals surface area (Å²) < 4.78 is 5.85. The third-order valence-electron chi connectivity index (χ3n) is 5.73. The molecule has 4 rings (SSSR count). The molecule has 0 bridgehead atoms. The van der Waals surface area contributed by atoms with Crippen LogP contribution in [0.1, 0.15) is 29.8 Å². The van der Waals surface area contributed by atoms with E-state index in [0.29, 0.717) is 23.6 Å². The molecule has 4 aromatic carbocycles. The predicted octanol–water partition coefficient (Wildman–Crippen LogP) is 5.48. The smallest absolute Gasteiger partial charge is 0.251 e. The molecule has 0 aromatic heterocycles. The molecule has 0 unspecified atom stereocenters. The number of primary amides is 1. The highest BCUT2D eigenvalue weighted by molar-refractivity contribution is 5.97. The van der Waals surface area contributed by atoms with Gasteiger partial charge in [0.1, 0.15) is 17.5 Å². The van der Waals surface area contributed by atoms with Crippen LogP contribution in [-0.2, 0) is 11.3 Å². The molecule has 0 saturated carbocycles. The minimum Gasteiger partial charge on any atom is -0.457 e. The Morgan fingerprint density at radius 3 is 2.31 bits per heavy atom. The van der Waals surface area contributed by atoms with Crippen LogP contribution in [-0.4, -0.2) is 17.9 Å². The number of para-hydroxylation sites is 1. The van der Waals surface area contributed by atoms with Crippen molar-refractivity contribution in [3.8, 4) is 11.5 Å². The predicted molar refractivity (Wildman–Crippen MR) is 140 cm³/mol. The zero-order valence-corrected chi connectivity index (χ0v) is 19.8. The highest BCUT2D eigenvalue weighted by Crippen LogP contribution is 2.27. The van der Waals surface area contributed by atoms with E-state index in [1.165, 1.54) is 0 Å². The quantitative estimate of drug-likeness (QED) is 0.304. The first-order chi connectivity index (χ1) is 16.9. The molecule has 0 aliphatic rings. The number of ether oxygens (including phenoxy) is 1. The zero-order valence-electron chi connectivity index (χ0n) is 19.8. The molecule has 35 heavy (non-hydrogen) atoms. The summed E-state index contributed by atoms with van der Waals surface area (Å²) in [7, 11) is 0. The van der Waals surface area contributed by atoms with Crippen LogP contribution in [0.25, 0.3) is 10.8 Å². The number of benzene rings is 4. The number of carbonyl (C=O) groups is 2. The molecule has 1 atom stereocenters. The molecule has 0 aliphatic carbocycles. The Balaban J connectivity index is 1.51. The van der Waals surface area contributed by atoms with Crippen LogP contribution in [0.2, 0.25) is 0 Å². The molecule has 0 radical (unpaired) electrons. The molecule has 0 saturated heterocycles. The van der Waals surface area contributed by atoms with E-state index in [9.17, 15) is 9.59 Å². The van der Waals surface area contributed by atoms with Crippen molar-refractivity contribution in [2.45, 2.75) is 26.4 Å². The van der Waals surface area contributed by atoms with Gasteiger partial charge in [-0.25, -0.2) is 0 Å². The summed E-state index contributed by atoms with van der Waals surface area (Å²) in [5.74, 6) is 0.716. The van der Waals surface area contributed by atoms with E-state index in [1.807, 2.05) is 86.6 Å². The van der Waals surface area contributed by atoms with Crippen LogP contribution in [0, 0.1) is 5.92 Å². The van der Waals surface area contributed by atoms with E-state index in [4.69, 9.17) is 10.5 Å². The van der Waals surface area contributed by atoms with Crippen LogP contribution >= 0.6 is 0 Å². The molecule has 4 N–H and O–H groups in total. The average molecular weight is 468 g/mol. The lowest BCUT2D eigenvalue weighted by Crippen LogP contribution is -2.39. The van der Waals surface area contributed by atoms with Crippen LogP contribution in [0.3, 0.4) is 0 Å². The lowest BCUT2D eigenvalue weighted by atomic mass is 10.0. The molecule has 0 spiro atoms. The Bertz CT molecular complexity index is 1340. The van der Waals surface area contributed by atoms with Gasteiger partial charge in [-0.1, -0.05) is 62.4 Å². The van der Waals surface area contributed by atoms with E-state index in [1.54, 1.807) is 18.2 Å². The summed E-state index contributed by atoms with van der Waals surface area (Å²) in [5, 5.41) is 8.28. The minimum atomic E-state index is -0.504. The van der Waals surface area contributed by atoms with Gasteiger partial charge in [0.15, 0.2) is 0 Å². The maximum atomic E-state index is 12.9. The van der Waals surface area contributed by atoms with Crippen molar-refractivity contribution in [2.24, 2.45) is 11.7 Å². The van der Waals surface area contributed by atoms with Crippen LogP contribution in [0.4, 0.5) is 5.69 Å². The van der Waals surface area contributed by atoms with E-state index < -0.39 is 11.9 Å². The molecule has 4 aromatic rings. The number of rotatable bonds is 9. The molecule has 2 amide bonds. The van der Waals surface area contributed by atoms with Gasteiger partial charge in [0.25, 0.3) is 5.91 Å². The fourth-order valence-corrected chi connectivity index (χ4v) is 3.94. The molecule has 6 nitrogen and oxygen atoms in total. The number of hydrogen-bond donors (Lipinski definition) is 3. The highest BCUT2D eigenvalue weighted by Gasteiger charge is 2.20. The van der Waals surface area contributed by atoms with E-state index >= 15 is 0 Å². The number of anilines is 1. The lowest BCUT2D eigenvalue weighted by molar-refractivity contribution is -0.119. The van der Waals surface area contributed by atoms with Gasteiger partial charge in [-0.2, -0.15) is 0 Å². The maximum absolute atomic E-state index is 12.9. The first-order valence-corrected chi connectivity index (χ1v) is 11.6. The van der Waals surface area contributed by atoms with E-state index in [-0.39, 0.29) is 11.8 Å². The second-order valence-corrected chi connectivity index (χ2v) is 8.76. The standard InChI is InChI=1S/C29H29N3O3/c1-19(2)27(28(30)33)32-26-16-20(15-21-9-6-7-14-25(21)26)18-31-29(34)22-10-8-13-24(17-22)35-23-11-4-3-5-12-23/h3-17,19,27,32H,18H2,1-2H3,(H2,30,33)(H,31,34)/t27-/m0/s1. The number of nitrogens with one attached hydrogen (secondary N) is 2. The van der Waals surface area contributed by atoms with Crippen LogP contribution in [0.5, 0.6) is 11.5 Å². The lowest BCUT2D eigenvalue weighted by Gasteiger charge is -2.22. The molecule has 0 aliphatic heterocycles. The van der Waals surface area contributed by atoms with Crippen molar-refractivity contribution < 1.29 is 14.3 Å². The molecular formula is C29H29N3O3. The molecule has 0 fully saturated rings. The number of amides is 2. The van der Waals surface area contributed by atoms with Gasteiger partial charge in [-0.05, 0) is 59.3 Å². The summed E-state index contributed by atoms with van der Waals surface area (Å²) in [6.07, 6.45) is 0. The van der Waals surface area contributed by atoms with Gasteiger partial charge >= 0.3 is 0 Å². The third-order valence-corrected chi connectivity index (χ3v) is 5.73. The van der Waals surface area contributed by atoms with Gasteiger partial charge in [0.2, 0.25) is 5.91 Å². The van der Waals surface area contributed by atoms with Gasteiger partial charge < -0.3 is 21.1 Å². The normalized spacial score (nSPS) is 11.7. The van der Waals surface area contributed by atoms with Crippen molar-refractivity contribution in [1.29, 1.82) is 0 Å². The second-order valence-electron chi connectivity index (χ2n) is 8.76. The Hall–Kier alpha value is -4.32. The number of hydrogen-bond acceptors (Lipinski definition) is 4. The van der Waals surface area contributed by atoms with Crippen LogP contribution < -0.4 is 21.1 Å². The summed E-state index contributed by atoms with van der Waals surface area (Å²) in [4.78, 5) is 24.9. The number of carbonyl (C=O) groups excluding carboxylic acids is 2. The molecule has 6 heteroatoms. The highest BCUT2D eigenvalue weighted by atomic mass is 16.5. The molecular weight excluding hydrogens is 438 g/mol. The minimum absolute atomic E-state index is 0.0278. The van der Waals surface area contributed by atoms with Crippen molar-refractivity contribution in [3.63, 3.8) is 0 Å². The molecule has 0 heterocycles. The van der Waals surface area contributed by atoms with Crippen molar-refractivity contribution >= 4 is 28.3 Å². The average Bonchev–Trinajstić information content (AvgIpc) is 2.86. The summed E-state index contributed by atoms with van der Waals surface area (Å²) in [6.45, 7) is 4.22. The van der Waals surface area contributed by atoms with Crippen molar-refractivity contribution in [1.82, 2.24) is 5.32 Å². The Morgan fingerprint density at radius 1 is 0.857 bits per heavy atom. The SMILES string of the molecule is CC(C)[C@H](Nc1cc(CNC(=O)c2cccc(Oc3ccccc3)c2)cc2ccccc12)C(N)=O. The van der Waals surface area contributed by atoms with Crippen molar-refractivity contribution in [3.05, 3.63) is 102 Å². The summed E-state index contributed by atoms with van der Waals surface area (Å²) in [6, 6.07) is 27.9.